The van der Waals surface area contributed by atoms with Crippen LogP contribution in [0.1, 0.15) is 29.6 Å². The smallest absolute Gasteiger partial charge is 0.326 e. The molecule has 2 aromatic rings. The highest BCUT2D eigenvalue weighted by molar-refractivity contribution is 5.96. The van der Waals surface area contributed by atoms with Gasteiger partial charge >= 0.3 is 11.9 Å². The number of carbonyl (C=O) groups is 3. The fourth-order valence-electron chi connectivity index (χ4n) is 3.14. The minimum atomic E-state index is -1.29. The van der Waals surface area contributed by atoms with Crippen molar-refractivity contribution >= 4 is 41.4 Å². The highest BCUT2D eigenvalue weighted by Gasteiger charge is 2.21. The van der Waals surface area contributed by atoms with Crippen LogP contribution in [0.3, 0.4) is 0 Å². The van der Waals surface area contributed by atoms with E-state index in [0.717, 1.165) is 5.69 Å². The monoisotopic (exact) mass is 441 g/mol. The van der Waals surface area contributed by atoms with E-state index in [9.17, 15) is 14.4 Å². The molecule has 0 radical (unpaired) electrons. The van der Waals surface area contributed by atoms with Gasteiger partial charge in [0.1, 0.15) is 11.4 Å². The number of aromatic nitrogens is 2. The van der Waals surface area contributed by atoms with E-state index < -0.39 is 23.9 Å². The Kier molecular flexibility index (Phi) is 6.83. The van der Waals surface area contributed by atoms with E-state index in [-0.39, 0.29) is 36.2 Å². The van der Waals surface area contributed by atoms with Crippen LogP contribution >= 0.6 is 0 Å². The zero-order chi connectivity index (χ0) is 23.3. The van der Waals surface area contributed by atoms with Gasteiger partial charge in [0, 0.05) is 24.2 Å². The molecular formula is C20H23N7O5. The van der Waals surface area contributed by atoms with Gasteiger partial charge in [-0.15, -0.1) is 0 Å². The second-order valence-corrected chi connectivity index (χ2v) is 7.18. The number of hydrogen-bond donors (Lipinski definition) is 6. The number of nitrogen functional groups attached to an aromatic ring is 2. The third kappa shape index (κ3) is 5.68. The van der Waals surface area contributed by atoms with Gasteiger partial charge in [-0.1, -0.05) is 6.08 Å². The molecule has 8 N–H and O–H groups in total. The maximum Gasteiger partial charge on any atom is 0.326 e. The van der Waals surface area contributed by atoms with E-state index in [1.54, 1.807) is 24.3 Å². The van der Waals surface area contributed by atoms with Gasteiger partial charge in [-0.2, -0.15) is 4.98 Å². The minimum absolute atomic E-state index is 0.0921. The van der Waals surface area contributed by atoms with E-state index in [4.69, 9.17) is 21.7 Å². The van der Waals surface area contributed by atoms with Crippen molar-refractivity contribution < 1.29 is 24.6 Å². The Morgan fingerprint density at radius 3 is 2.50 bits per heavy atom. The van der Waals surface area contributed by atoms with E-state index >= 15 is 0 Å². The van der Waals surface area contributed by atoms with Gasteiger partial charge in [-0.25, -0.2) is 9.78 Å². The first kappa shape index (κ1) is 22.5. The van der Waals surface area contributed by atoms with Gasteiger partial charge in [-0.05, 0) is 37.1 Å². The molecule has 1 aliphatic heterocycles. The third-order valence-electron chi connectivity index (χ3n) is 4.79. The van der Waals surface area contributed by atoms with Crippen molar-refractivity contribution in [1.29, 1.82) is 0 Å². The summed E-state index contributed by atoms with van der Waals surface area (Å²) in [6.45, 7) is 0.502. The zero-order valence-electron chi connectivity index (χ0n) is 17.0. The van der Waals surface area contributed by atoms with Crippen LogP contribution in [0.2, 0.25) is 0 Å². The number of carboxylic acid groups (broad SMARTS) is 2. The lowest BCUT2D eigenvalue weighted by atomic mass is 10.1. The lowest BCUT2D eigenvalue weighted by molar-refractivity contribution is -0.140. The van der Waals surface area contributed by atoms with Gasteiger partial charge in [0.05, 0.1) is 11.4 Å². The van der Waals surface area contributed by atoms with Crippen molar-refractivity contribution in [1.82, 2.24) is 15.3 Å². The van der Waals surface area contributed by atoms with E-state index in [1.165, 1.54) is 0 Å². The number of amides is 1. The lowest BCUT2D eigenvalue weighted by Gasteiger charge is -2.16. The first-order valence-electron chi connectivity index (χ1n) is 9.79. The second-order valence-electron chi connectivity index (χ2n) is 7.18. The summed E-state index contributed by atoms with van der Waals surface area (Å²) in [5.41, 5.74) is 12.5. The van der Waals surface area contributed by atoms with Crippen LogP contribution in [0.15, 0.2) is 29.3 Å². The number of hydrogen-bond acceptors (Lipinski definition) is 9. The molecule has 0 saturated carbocycles. The Labute approximate surface area is 182 Å². The summed E-state index contributed by atoms with van der Waals surface area (Å²) in [4.78, 5) is 46.8. The maximum atomic E-state index is 12.3. The molecule has 0 bridgehead atoms. The maximum absolute atomic E-state index is 12.3. The predicted molar refractivity (Wildman–Crippen MR) is 115 cm³/mol. The summed E-state index contributed by atoms with van der Waals surface area (Å²) in [5, 5.41) is 24.6. The van der Waals surface area contributed by atoms with Gasteiger partial charge in [0.15, 0.2) is 5.82 Å². The third-order valence-corrected chi connectivity index (χ3v) is 4.79. The number of carbonyl (C=O) groups excluding carboxylic acids is 1. The Morgan fingerprint density at radius 2 is 1.84 bits per heavy atom. The van der Waals surface area contributed by atoms with Crippen LogP contribution < -0.4 is 32.8 Å². The average molecular weight is 441 g/mol. The standard InChI is InChI=1S/C20H23N7O5/c21-17-16-13(26-20(22)27-17)6-5-12(24-16)9-23-11-3-1-10(2-4-11)18(30)25-14(19(31)32)7-8-15(28)29/h1-4,6,12,14,23H,5,7-9H2,(H,25,30)(H,28,29)(H,31,32)(H4,21,22,26,27)/t12?,14-/m0/s1. The summed E-state index contributed by atoms with van der Waals surface area (Å²) in [5.74, 6) is -2.69. The molecule has 1 aromatic carbocycles. The average Bonchev–Trinajstić information content (AvgIpc) is 2.75. The Balaban J connectivity index is 1.58. The van der Waals surface area contributed by atoms with Crippen LogP contribution in [0.5, 0.6) is 0 Å². The molecule has 0 saturated heterocycles. The highest BCUT2D eigenvalue weighted by atomic mass is 16.4. The van der Waals surface area contributed by atoms with Crippen molar-refractivity contribution in [3.05, 3.63) is 40.5 Å². The van der Waals surface area contributed by atoms with Crippen molar-refractivity contribution in [3.63, 3.8) is 0 Å². The number of benzene rings is 1. The van der Waals surface area contributed by atoms with Gasteiger partial charge in [0.2, 0.25) is 5.95 Å². The highest BCUT2D eigenvalue weighted by Crippen LogP contribution is 2.12. The molecule has 3 rings (SSSR count). The quantitative estimate of drug-likeness (QED) is 0.279. The fraction of sp³-hybridized carbons (Fsp3) is 0.300. The molecule has 12 nitrogen and oxygen atoms in total. The number of aliphatic carboxylic acids is 2. The first-order valence-corrected chi connectivity index (χ1v) is 9.79. The van der Waals surface area contributed by atoms with Crippen LogP contribution in [0.4, 0.5) is 17.5 Å². The zero-order valence-corrected chi connectivity index (χ0v) is 17.0. The molecule has 0 aliphatic carbocycles. The van der Waals surface area contributed by atoms with E-state index in [1.807, 2.05) is 6.08 Å². The SMILES string of the molecule is Nc1nc(N)c2c(n1)=CCC(CNc1ccc(C(=O)N[C@@H](CCC(=O)O)C(=O)O)cc1)N=2. The normalized spacial score (nSPS) is 15.4. The predicted octanol–water partition coefficient (Wildman–Crippen LogP) is -1.03. The largest absolute Gasteiger partial charge is 0.481 e. The number of nitrogens with two attached hydrogens (primary N) is 2. The lowest BCUT2D eigenvalue weighted by Crippen LogP contribution is -2.41. The number of nitrogens with zero attached hydrogens (tertiary/aromatic N) is 3. The number of nitrogens with one attached hydrogen (secondary N) is 2. The molecule has 2 atom stereocenters. The summed E-state index contributed by atoms with van der Waals surface area (Å²) in [6, 6.07) is 5.07. The minimum Gasteiger partial charge on any atom is -0.481 e. The fourth-order valence-corrected chi connectivity index (χ4v) is 3.14. The van der Waals surface area contributed by atoms with Gasteiger partial charge in [-0.3, -0.25) is 14.6 Å². The first-order chi connectivity index (χ1) is 15.2. The molecule has 1 amide bonds. The molecule has 168 valence electrons. The van der Waals surface area contributed by atoms with Gasteiger partial charge in [0.25, 0.3) is 5.91 Å². The molecular weight excluding hydrogens is 418 g/mol. The Morgan fingerprint density at radius 1 is 1.12 bits per heavy atom. The molecule has 12 heteroatoms. The van der Waals surface area contributed by atoms with Crippen molar-refractivity contribution in [3.8, 4) is 0 Å². The van der Waals surface area contributed by atoms with E-state index in [0.29, 0.717) is 23.7 Å². The molecule has 2 heterocycles. The van der Waals surface area contributed by atoms with Crippen molar-refractivity contribution in [2.45, 2.75) is 31.3 Å². The molecule has 0 fully saturated rings. The Hall–Kier alpha value is -4.22. The Bertz CT molecular complexity index is 1150. The van der Waals surface area contributed by atoms with Crippen molar-refractivity contribution in [2.24, 2.45) is 4.99 Å². The number of anilines is 3. The number of rotatable bonds is 9. The summed E-state index contributed by atoms with van der Waals surface area (Å²) < 4.78 is 0. The summed E-state index contributed by atoms with van der Waals surface area (Å²) >= 11 is 0. The van der Waals surface area contributed by atoms with Crippen LogP contribution in [0, 0.1) is 0 Å². The van der Waals surface area contributed by atoms with Crippen LogP contribution in [-0.2, 0) is 9.59 Å². The van der Waals surface area contributed by atoms with Gasteiger partial charge < -0.3 is 32.3 Å². The van der Waals surface area contributed by atoms with Crippen molar-refractivity contribution in [2.75, 3.05) is 23.3 Å². The molecule has 1 unspecified atom stereocenters. The van der Waals surface area contributed by atoms with E-state index in [2.05, 4.69) is 25.6 Å². The van der Waals surface area contributed by atoms with Crippen LogP contribution in [-0.4, -0.2) is 56.7 Å². The summed E-state index contributed by atoms with van der Waals surface area (Å²) in [7, 11) is 0. The topological polar surface area (TPSA) is 206 Å². The number of carboxylic acids is 2. The molecule has 0 spiro atoms. The van der Waals surface area contributed by atoms with Crippen LogP contribution in [0.25, 0.3) is 6.08 Å². The molecule has 32 heavy (non-hydrogen) atoms. The second kappa shape index (κ2) is 9.73. The molecule has 1 aromatic heterocycles. The molecule has 1 aliphatic rings. The number of fused-ring (bicyclic) bond motifs is 1. The summed E-state index contributed by atoms with van der Waals surface area (Å²) in [6.07, 6.45) is 1.98.